The lowest BCUT2D eigenvalue weighted by Crippen LogP contribution is -2.62. The van der Waals surface area contributed by atoms with E-state index in [1.165, 1.54) is 0 Å². The number of aliphatic hydroxyl groups excluding tert-OH is 1. The Morgan fingerprint density at radius 3 is 2.90 bits per heavy atom. The summed E-state index contributed by atoms with van der Waals surface area (Å²) in [6, 6.07) is 5.34. The first-order valence-electron chi connectivity index (χ1n) is 10.5. The highest BCUT2D eigenvalue weighted by Crippen LogP contribution is 2.63. The van der Waals surface area contributed by atoms with Gasteiger partial charge in [0.1, 0.15) is 22.7 Å². The zero-order valence-corrected chi connectivity index (χ0v) is 17.1. The summed E-state index contributed by atoms with van der Waals surface area (Å²) in [5.74, 6) is 1.55. The van der Waals surface area contributed by atoms with Crippen LogP contribution in [0.15, 0.2) is 39.8 Å². The van der Waals surface area contributed by atoms with Gasteiger partial charge in [0.25, 0.3) is 0 Å². The zero-order chi connectivity index (χ0) is 20.4. The third-order valence-electron chi connectivity index (χ3n) is 7.65. The Balaban J connectivity index is 1.62. The van der Waals surface area contributed by atoms with Gasteiger partial charge in [0.2, 0.25) is 0 Å². The van der Waals surface area contributed by atoms with Gasteiger partial charge < -0.3 is 14.3 Å². The predicted molar refractivity (Wildman–Crippen MR) is 109 cm³/mol. The van der Waals surface area contributed by atoms with Gasteiger partial charge in [-0.05, 0) is 62.0 Å². The van der Waals surface area contributed by atoms with Crippen LogP contribution in [-0.2, 0) is 0 Å². The van der Waals surface area contributed by atoms with Crippen LogP contribution < -0.4 is 10.4 Å². The van der Waals surface area contributed by atoms with Crippen LogP contribution in [0.4, 0.5) is 0 Å². The lowest BCUT2D eigenvalue weighted by atomic mass is 9.47. The maximum atomic E-state index is 12.9. The Kier molecular flexibility index (Phi) is 4.18. The molecule has 0 spiro atoms. The first-order valence-corrected chi connectivity index (χ1v) is 10.5. The van der Waals surface area contributed by atoms with Crippen LogP contribution in [0.5, 0.6) is 5.75 Å². The van der Waals surface area contributed by atoms with Gasteiger partial charge >= 0.3 is 5.63 Å². The van der Waals surface area contributed by atoms with E-state index in [1.54, 1.807) is 24.5 Å². The van der Waals surface area contributed by atoms with Crippen LogP contribution in [0.3, 0.4) is 0 Å². The van der Waals surface area contributed by atoms with Crippen molar-refractivity contribution in [1.82, 2.24) is 4.98 Å². The molecule has 0 saturated heterocycles. The molecule has 3 heterocycles. The van der Waals surface area contributed by atoms with Crippen molar-refractivity contribution in [2.45, 2.75) is 51.7 Å². The molecule has 5 heteroatoms. The summed E-state index contributed by atoms with van der Waals surface area (Å²) < 4.78 is 12.1. The number of aromatic nitrogens is 1. The minimum absolute atomic E-state index is 0.108. The van der Waals surface area contributed by atoms with E-state index in [-0.39, 0.29) is 16.9 Å². The number of rotatable bonds is 1. The number of fused-ring (bicyclic) bond motifs is 4. The van der Waals surface area contributed by atoms with Crippen molar-refractivity contribution in [2.24, 2.45) is 23.2 Å². The van der Waals surface area contributed by atoms with Crippen LogP contribution in [0.1, 0.15) is 51.7 Å². The molecule has 5 nitrogen and oxygen atoms in total. The fourth-order valence-corrected chi connectivity index (χ4v) is 6.29. The van der Waals surface area contributed by atoms with Gasteiger partial charge in [-0.3, -0.25) is 4.98 Å². The van der Waals surface area contributed by atoms with E-state index in [9.17, 15) is 9.90 Å². The van der Waals surface area contributed by atoms with Gasteiger partial charge in [-0.1, -0.05) is 13.8 Å². The second-order valence-electron chi connectivity index (χ2n) is 9.31. The quantitative estimate of drug-likeness (QED) is 0.779. The molecule has 2 saturated carbocycles. The minimum Gasteiger partial charge on any atom is -0.486 e. The van der Waals surface area contributed by atoms with Gasteiger partial charge in [0.05, 0.1) is 6.10 Å². The Morgan fingerprint density at radius 2 is 2.14 bits per heavy atom. The Hall–Kier alpha value is -2.14. The average molecular weight is 393 g/mol. The third kappa shape index (κ3) is 2.70. The minimum atomic E-state index is -0.919. The van der Waals surface area contributed by atoms with Crippen molar-refractivity contribution in [3.63, 3.8) is 0 Å². The van der Waals surface area contributed by atoms with E-state index in [0.717, 1.165) is 19.3 Å². The Bertz CT molecular complexity index is 986. The molecule has 6 atom stereocenters. The number of nitrogens with zero attached hydrogens (tertiary/aromatic N) is 1. The molecular weight excluding hydrogens is 366 g/mol. The first kappa shape index (κ1) is 18.9. The maximum absolute atomic E-state index is 12.9. The standard InChI is InChI=1S/C24H27NO4/c1-14-6-4-9-23(2)16(14)8-10-24(3)21(23)20(26)19-18(29-24)12-17(28-22(19)27)15-7-5-11-25-13-15/h5-7,10-14,16,20-21,26H,4,8-9H2,1-3H3. The molecule has 29 heavy (non-hydrogen) atoms. The SMILES string of the molecule is CC1[CH]CCC2(C)C1C[CH]C1(C)Oc3cc(-c4cccnc4)oc(=O)c3C(O)C12. The smallest absolute Gasteiger partial charge is 0.345 e. The molecular formula is C24H27NO4. The van der Waals surface area contributed by atoms with E-state index in [0.29, 0.717) is 28.9 Å². The maximum Gasteiger partial charge on any atom is 0.345 e. The highest BCUT2D eigenvalue weighted by Gasteiger charge is 2.62. The van der Waals surface area contributed by atoms with Gasteiger partial charge in [-0.25, -0.2) is 4.79 Å². The van der Waals surface area contributed by atoms with E-state index in [4.69, 9.17) is 9.15 Å². The first-order chi connectivity index (χ1) is 13.8. The number of aliphatic hydroxyl groups is 1. The molecule has 0 amide bonds. The summed E-state index contributed by atoms with van der Waals surface area (Å²) in [5, 5.41) is 11.5. The Morgan fingerprint density at radius 1 is 1.31 bits per heavy atom. The molecule has 152 valence electrons. The largest absolute Gasteiger partial charge is 0.486 e. The van der Waals surface area contributed by atoms with Crippen molar-refractivity contribution in [1.29, 1.82) is 0 Å². The van der Waals surface area contributed by atoms with Crippen molar-refractivity contribution >= 4 is 0 Å². The lowest BCUT2D eigenvalue weighted by Gasteiger charge is -2.61. The average Bonchev–Trinajstić information content (AvgIpc) is 2.67. The lowest BCUT2D eigenvalue weighted by molar-refractivity contribution is -0.161. The number of pyridine rings is 1. The van der Waals surface area contributed by atoms with Crippen molar-refractivity contribution in [3.05, 3.63) is 59.4 Å². The summed E-state index contributed by atoms with van der Waals surface area (Å²) in [6.45, 7) is 6.57. The second kappa shape index (κ2) is 6.43. The van der Waals surface area contributed by atoms with Crippen LogP contribution >= 0.6 is 0 Å². The van der Waals surface area contributed by atoms with Gasteiger partial charge in [-0.2, -0.15) is 0 Å². The third-order valence-corrected chi connectivity index (χ3v) is 7.65. The number of hydrogen-bond acceptors (Lipinski definition) is 5. The van der Waals surface area contributed by atoms with Crippen molar-refractivity contribution in [2.75, 3.05) is 0 Å². The zero-order valence-electron chi connectivity index (χ0n) is 17.1. The van der Waals surface area contributed by atoms with Crippen LogP contribution in [0.2, 0.25) is 0 Å². The summed E-state index contributed by atoms with van der Waals surface area (Å²) in [4.78, 5) is 17.0. The molecule has 1 N–H and O–H groups in total. The summed E-state index contributed by atoms with van der Waals surface area (Å²) >= 11 is 0. The molecule has 6 unspecified atom stereocenters. The van der Waals surface area contributed by atoms with E-state index >= 15 is 0 Å². The highest BCUT2D eigenvalue weighted by atomic mass is 16.5. The van der Waals surface area contributed by atoms with Crippen molar-refractivity contribution in [3.8, 4) is 17.1 Å². The fraction of sp³-hybridized carbons (Fsp3) is 0.500. The summed E-state index contributed by atoms with van der Waals surface area (Å²) in [6.07, 6.45) is 9.96. The molecule has 2 aromatic heterocycles. The molecule has 2 aliphatic carbocycles. The molecule has 2 fully saturated rings. The molecule has 0 aromatic carbocycles. The van der Waals surface area contributed by atoms with Crippen LogP contribution in [0.25, 0.3) is 11.3 Å². The molecule has 3 aliphatic rings. The predicted octanol–water partition coefficient (Wildman–Crippen LogP) is 4.37. The van der Waals surface area contributed by atoms with Crippen LogP contribution in [-0.4, -0.2) is 15.7 Å². The van der Waals surface area contributed by atoms with E-state index in [2.05, 4.69) is 31.7 Å². The van der Waals surface area contributed by atoms with Gasteiger partial charge in [-0.15, -0.1) is 0 Å². The molecule has 5 rings (SSSR count). The topological polar surface area (TPSA) is 72.6 Å². The molecule has 2 aromatic rings. The molecule has 0 bridgehead atoms. The monoisotopic (exact) mass is 393 g/mol. The van der Waals surface area contributed by atoms with Crippen LogP contribution in [0, 0.1) is 36.0 Å². The van der Waals surface area contributed by atoms with Gasteiger partial charge in [0, 0.05) is 36.4 Å². The summed E-state index contributed by atoms with van der Waals surface area (Å²) in [5.41, 5.74) is -0.318. The second-order valence-corrected chi connectivity index (χ2v) is 9.31. The molecule has 2 radical (unpaired) electrons. The van der Waals surface area contributed by atoms with Crippen molar-refractivity contribution < 1.29 is 14.3 Å². The van der Waals surface area contributed by atoms with E-state index < -0.39 is 17.3 Å². The van der Waals surface area contributed by atoms with E-state index in [1.807, 2.05) is 13.0 Å². The highest BCUT2D eigenvalue weighted by molar-refractivity contribution is 5.59. The number of hydrogen-bond donors (Lipinski definition) is 1. The van der Waals surface area contributed by atoms with Gasteiger partial charge in [0.15, 0.2) is 0 Å². The molecule has 1 aliphatic heterocycles. The Labute approximate surface area is 171 Å². The normalized spacial score (nSPS) is 38.3. The summed E-state index contributed by atoms with van der Waals surface area (Å²) in [7, 11) is 0. The number of ether oxygens (including phenoxy) is 1. The fourth-order valence-electron chi connectivity index (χ4n) is 6.29.